The second-order valence-corrected chi connectivity index (χ2v) is 9.68. The molecule has 3 aromatic carbocycles. The van der Waals surface area contributed by atoms with Crippen LogP contribution in [-0.4, -0.2) is 35.9 Å². The van der Waals surface area contributed by atoms with Crippen LogP contribution in [0.5, 0.6) is 5.75 Å². The fraction of sp³-hybridized carbons (Fsp3) is 0.286. The molecule has 3 aromatic rings. The standard InChI is InChI=1S/C28H29BrClFN2O3/c1-2-3-15-32-28(35)25(16-20-7-5-4-6-8-20)33(18-21-9-12-23(31)13-10-21)27(34)19-36-26-14-11-22(29)17-24(26)30/h4-14,17,25H,2-3,15-16,18-19H2,1H3,(H,32,35)/t25-/m1/s1. The van der Waals surface area contributed by atoms with E-state index in [1.165, 1.54) is 17.0 Å². The van der Waals surface area contributed by atoms with Crippen molar-refractivity contribution >= 4 is 39.3 Å². The predicted octanol–water partition coefficient (Wildman–Crippen LogP) is 6.18. The minimum Gasteiger partial charge on any atom is -0.482 e. The van der Waals surface area contributed by atoms with E-state index < -0.39 is 6.04 Å². The molecule has 0 heterocycles. The Hall–Kier alpha value is -2.90. The largest absolute Gasteiger partial charge is 0.482 e. The average molecular weight is 576 g/mol. The third-order valence-electron chi connectivity index (χ3n) is 5.61. The average Bonchev–Trinajstić information content (AvgIpc) is 2.87. The molecule has 3 rings (SSSR count). The van der Waals surface area contributed by atoms with Gasteiger partial charge in [-0.05, 0) is 47.9 Å². The highest BCUT2D eigenvalue weighted by Crippen LogP contribution is 2.28. The van der Waals surface area contributed by atoms with Crippen LogP contribution in [0.1, 0.15) is 30.9 Å². The molecule has 0 fully saturated rings. The molecule has 36 heavy (non-hydrogen) atoms. The summed E-state index contributed by atoms with van der Waals surface area (Å²) in [7, 11) is 0. The van der Waals surface area contributed by atoms with E-state index in [2.05, 4.69) is 21.2 Å². The number of ether oxygens (including phenoxy) is 1. The van der Waals surface area contributed by atoms with Crippen LogP contribution in [-0.2, 0) is 22.6 Å². The van der Waals surface area contributed by atoms with Gasteiger partial charge in [0, 0.05) is 24.0 Å². The number of hydrogen-bond donors (Lipinski definition) is 1. The molecule has 0 saturated heterocycles. The Kier molecular flexibility index (Phi) is 10.8. The van der Waals surface area contributed by atoms with Crippen LogP contribution in [0.4, 0.5) is 4.39 Å². The van der Waals surface area contributed by atoms with E-state index in [-0.39, 0.29) is 30.8 Å². The van der Waals surface area contributed by atoms with Crippen molar-refractivity contribution in [3.8, 4) is 5.75 Å². The zero-order valence-corrected chi connectivity index (χ0v) is 22.4. The molecule has 5 nitrogen and oxygen atoms in total. The number of unbranched alkanes of at least 4 members (excludes halogenated alkanes) is 1. The molecule has 1 N–H and O–H groups in total. The van der Waals surface area contributed by atoms with Crippen molar-refractivity contribution < 1.29 is 18.7 Å². The lowest BCUT2D eigenvalue weighted by Crippen LogP contribution is -2.51. The van der Waals surface area contributed by atoms with Gasteiger partial charge in [-0.1, -0.05) is 83.3 Å². The lowest BCUT2D eigenvalue weighted by molar-refractivity contribution is -0.142. The topological polar surface area (TPSA) is 58.6 Å². The van der Waals surface area contributed by atoms with Gasteiger partial charge in [0.1, 0.15) is 17.6 Å². The number of amides is 2. The second-order valence-electron chi connectivity index (χ2n) is 8.36. The molecular weight excluding hydrogens is 547 g/mol. The maximum Gasteiger partial charge on any atom is 0.261 e. The maximum absolute atomic E-state index is 13.5. The molecule has 0 bridgehead atoms. The predicted molar refractivity (Wildman–Crippen MR) is 143 cm³/mol. The first-order chi connectivity index (χ1) is 17.4. The number of benzene rings is 3. The van der Waals surface area contributed by atoms with Gasteiger partial charge in [0.2, 0.25) is 5.91 Å². The van der Waals surface area contributed by atoms with Crippen LogP contribution in [0.3, 0.4) is 0 Å². The zero-order valence-electron chi connectivity index (χ0n) is 20.1. The van der Waals surface area contributed by atoms with E-state index in [0.29, 0.717) is 29.3 Å². The van der Waals surface area contributed by atoms with E-state index in [4.69, 9.17) is 16.3 Å². The van der Waals surface area contributed by atoms with Crippen molar-refractivity contribution in [3.63, 3.8) is 0 Å². The third-order valence-corrected chi connectivity index (χ3v) is 6.40. The summed E-state index contributed by atoms with van der Waals surface area (Å²) in [6.07, 6.45) is 2.09. The van der Waals surface area contributed by atoms with E-state index in [9.17, 15) is 14.0 Å². The van der Waals surface area contributed by atoms with Gasteiger partial charge in [0.15, 0.2) is 6.61 Å². The highest BCUT2D eigenvalue weighted by atomic mass is 79.9. The Morgan fingerprint density at radius 2 is 1.78 bits per heavy atom. The minimum absolute atomic E-state index is 0.120. The normalized spacial score (nSPS) is 11.6. The van der Waals surface area contributed by atoms with Crippen LogP contribution in [0, 0.1) is 5.82 Å². The van der Waals surface area contributed by atoms with Crippen molar-refractivity contribution in [3.05, 3.63) is 99.2 Å². The number of nitrogens with zero attached hydrogens (tertiary/aromatic N) is 1. The summed E-state index contributed by atoms with van der Waals surface area (Å²) >= 11 is 9.60. The summed E-state index contributed by atoms with van der Waals surface area (Å²) in [4.78, 5) is 28.4. The van der Waals surface area contributed by atoms with Crippen LogP contribution in [0.25, 0.3) is 0 Å². The molecule has 0 aliphatic heterocycles. The summed E-state index contributed by atoms with van der Waals surface area (Å²) in [6.45, 7) is 2.37. The molecule has 0 aliphatic carbocycles. The maximum atomic E-state index is 13.5. The number of carbonyl (C=O) groups excluding carboxylic acids is 2. The Bertz CT molecular complexity index is 1150. The van der Waals surface area contributed by atoms with Crippen molar-refractivity contribution in [2.45, 2.75) is 38.8 Å². The van der Waals surface area contributed by atoms with Gasteiger partial charge in [0.05, 0.1) is 5.02 Å². The van der Waals surface area contributed by atoms with Gasteiger partial charge in [-0.15, -0.1) is 0 Å². The van der Waals surface area contributed by atoms with Gasteiger partial charge < -0.3 is 15.0 Å². The van der Waals surface area contributed by atoms with Gasteiger partial charge in [-0.2, -0.15) is 0 Å². The summed E-state index contributed by atoms with van der Waals surface area (Å²) in [6, 6.07) is 19.7. The van der Waals surface area contributed by atoms with E-state index >= 15 is 0 Å². The molecule has 1 atom stereocenters. The quantitative estimate of drug-likeness (QED) is 0.263. The Balaban J connectivity index is 1.88. The molecule has 8 heteroatoms. The summed E-state index contributed by atoms with van der Waals surface area (Å²) < 4.78 is 20.0. The number of carbonyl (C=O) groups is 2. The summed E-state index contributed by atoms with van der Waals surface area (Å²) in [5.41, 5.74) is 1.62. The first-order valence-electron chi connectivity index (χ1n) is 11.8. The van der Waals surface area contributed by atoms with Gasteiger partial charge >= 0.3 is 0 Å². The zero-order chi connectivity index (χ0) is 25.9. The molecule has 0 radical (unpaired) electrons. The fourth-order valence-corrected chi connectivity index (χ4v) is 4.39. The van der Waals surface area contributed by atoms with Crippen molar-refractivity contribution in [2.24, 2.45) is 0 Å². The van der Waals surface area contributed by atoms with Gasteiger partial charge in [-0.25, -0.2) is 4.39 Å². The number of hydrogen-bond acceptors (Lipinski definition) is 3. The molecule has 0 spiro atoms. The molecule has 190 valence electrons. The third kappa shape index (κ3) is 8.35. The lowest BCUT2D eigenvalue weighted by Gasteiger charge is -2.31. The molecule has 2 amide bonds. The molecule has 0 aliphatic rings. The van der Waals surface area contributed by atoms with E-state index in [1.54, 1.807) is 30.3 Å². The number of rotatable bonds is 12. The smallest absolute Gasteiger partial charge is 0.261 e. The lowest BCUT2D eigenvalue weighted by atomic mass is 10.0. The van der Waals surface area contributed by atoms with E-state index in [0.717, 1.165) is 22.9 Å². The second kappa shape index (κ2) is 14.0. The van der Waals surface area contributed by atoms with Gasteiger partial charge in [0.25, 0.3) is 5.91 Å². The minimum atomic E-state index is -0.786. The number of halogens is 3. The van der Waals surface area contributed by atoms with Crippen LogP contribution in [0.2, 0.25) is 5.02 Å². The Morgan fingerprint density at radius 3 is 2.44 bits per heavy atom. The monoisotopic (exact) mass is 574 g/mol. The van der Waals surface area contributed by atoms with Crippen LogP contribution in [0.15, 0.2) is 77.3 Å². The molecule has 0 aromatic heterocycles. The van der Waals surface area contributed by atoms with Crippen molar-refractivity contribution in [1.29, 1.82) is 0 Å². The van der Waals surface area contributed by atoms with Gasteiger partial charge in [-0.3, -0.25) is 9.59 Å². The van der Waals surface area contributed by atoms with Crippen molar-refractivity contribution in [1.82, 2.24) is 10.2 Å². The fourth-order valence-electron chi connectivity index (χ4n) is 3.66. The highest BCUT2D eigenvalue weighted by Gasteiger charge is 2.30. The Labute approximate surface area is 224 Å². The number of nitrogens with one attached hydrogen (secondary N) is 1. The Morgan fingerprint density at radius 1 is 1.06 bits per heavy atom. The molecule has 0 unspecified atom stereocenters. The summed E-state index contributed by atoms with van der Waals surface area (Å²) in [5.74, 6) is -0.640. The van der Waals surface area contributed by atoms with E-state index in [1.807, 2.05) is 37.3 Å². The summed E-state index contributed by atoms with van der Waals surface area (Å²) in [5, 5.41) is 3.32. The van der Waals surface area contributed by atoms with Crippen molar-refractivity contribution in [2.75, 3.05) is 13.2 Å². The first-order valence-corrected chi connectivity index (χ1v) is 13.0. The SMILES string of the molecule is CCCCNC(=O)[C@@H](Cc1ccccc1)N(Cc1ccc(F)cc1)C(=O)COc1ccc(Br)cc1Cl. The molecule has 0 saturated carbocycles. The highest BCUT2D eigenvalue weighted by molar-refractivity contribution is 9.10. The van der Waals surface area contributed by atoms with Crippen LogP contribution < -0.4 is 10.1 Å². The first kappa shape index (κ1) is 27.7. The molecular formula is C28H29BrClFN2O3. The van der Waals surface area contributed by atoms with Crippen LogP contribution >= 0.6 is 27.5 Å².